The van der Waals surface area contributed by atoms with E-state index in [-0.39, 0.29) is 18.1 Å². The van der Waals surface area contributed by atoms with Gasteiger partial charge in [0.1, 0.15) is 11.5 Å². The number of carbonyl (C=O) groups is 2. The number of carboxylic acids is 1. The van der Waals surface area contributed by atoms with Gasteiger partial charge < -0.3 is 19.7 Å². The van der Waals surface area contributed by atoms with Gasteiger partial charge in [-0.15, -0.1) is 0 Å². The number of benzene rings is 2. The van der Waals surface area contributed by atoms with Crippen LogP contribution in [-0.4, -0.2) is 34.1 Å². The van der Waals surface area contributed by atoms with Crippen molar-refractivity contribution in [1.82, 2.24) is 5.16 Å². The lowest BCUT2D eigenvalue weighted by Gasteiger charge is -2.18. The summed E-state index contributed by atoms with van der Waals surface area (Å²) >= 11 is 13.0. The van der Waals surface area contributed by atoms with E-state index < -0.39 is 18.1 Å². The Morgan fingerprint density at radius 1 is 1.20 bits per heavy atom. The molecule has 2 amide bonds. The fraction of sp³-hybridized carbons (Fsp3) is 0.294. The van der Waals surface area contributed by atoms with E-state index in [2.05, 4.69) is 22.0 Å². The number of anilines is 1. The zero-order valence-corrected chi connectivity index (χ0v) is 26.4. The first kappa shape index (κ1) is 32.9. The van der Waals surface area contributed by atoms with E-state index in [4.69, 9.17) is 32.5 Å². The Kier molecular flexibility index (Phi) is 11.3. The molecule has 2 N–H and O–H groups in total. The molecule has 2 aromatic carbocycles. The minimum absolute atomic E-state index is 0.133. The molecule has 3 aromatic rings. The summed E-state index contributed by atoms with van der Waals surface area (Å²) in [4.78, 5) is 29.2. The lowest BCUT2D eigenvalue weighted by molar-refractivity contribution is 0.0697. The Morgan fingerprint density at radius 2 is 1.93 bits per heavy atom. The maximum atomic E-state index is 13.1. The van der Waals surface area contributed by atoms with Crippen molar-refractivity contribution in [2.45, 2.75) is 65.1 Å². The molecule has 0 saturated heterocycles. The molecular formula is C34H35Cl2N3O5. The minimum Gasteiger partial charge on any atom is -0.478 e. The van der Waals surface area contributed by atoms with Crippen LogP contribution in [0.15, 0.2) is 86.8 Å². The summed E-state index contributed by atoms with van der Waals surface area (Å²) < 4.78 is 12.1. The summed E-state index contributed by atoms with van der Waals surface area (Å²) in [6.07, 6.45) is 5.80. The van der Waals surface area contributed by atoms with Gasteiger partial charge in [0.25, 0.3) is 0 Å². The molecule has 10 heteroatoms. The minimum atomic E-state index is -1.06. The number of rotatable bonds is 13. The van der Waals surface area contributed by atoms with Crippen molar-refractivity contribution in [2.75, 3.05) is 5.32 Å². The highest BCUT2D eigenvalue weighted by atomic mass is 35.5. The van der Waals surface area contributed by atoms with Crippen molar-refractivity contribution in [1.29, 1.82) is 0 Å². The van der Waals surface area contributed by atoms with Crippen molar-refractivity contribution in [3.05, 3.63) is 99.9 Å². The molecule has 0 bridgehead atoms. The molecule has 1 unspecified atom stereocenters. The Morgan fingerprint density at radius 3 is 2.52 bits per heavy atom. The van der Waals surface area contributed by atoms with Crippen molar-refractivity contribution < 1.29 is 24.0 Å². The average Bonchev–Trinajstić information content (AvgIpc) is 3.80. The van der Waals surface area contributed by atoms with Crippen molar-refractivity contribution in [2.24, 2.45) is 4.99 Å². The molecule has 1 fully saturated rings. The van der Waals surface area contributed by atoms with Gasteiger partial charge in [-0.05, 0) is 68.0 Å². The number of carboxylic acid groups (broad SMARTS) is 1. The summed E-state index contributed by atoms with van der Waals surface area (Å²) in [5.74, 6) is -0.0613. The van der Waals surface area contributed by atoms with Gasteiger partial charge in [0.05, 0.1) is 29.0 Å². The normalized spacial score (nSPS) is 15.0. The first-order valence-corrected chi connectivity index (χ1v) is 15.2. The maximum Gasteiger partial charge on any atom is 0.345 e. The van der Waals surface area contributed by atoms with E-state index in [1.807, 2.05) is 44.2 Å². The highest BCUT2D eigenvalue weighted by Gasteiger charge is 2.34. The molecule has 8 nitrogen and oxygen atoms in total. The number of aromatic carboxylic acids is 1. The van der Waals surface area contributed by atoms with Gasteiger partial charge in [-0.25, -0.2) is 14.6 Å². The number of hydrogen-bond donors (Lipinski definition) is 2. The lowest BCUT2D eigenvalue weighted by Crippen LogP contribution is -2.25. The van der Waals surface area contributed by atoms with E-state index in [9.17, 15) is 14.7 Å². The predicted molar refractivity (Wildman–Crippen MR) is 176 cm³/mol. The second-order valence-corrected chi connectivity index (χ2v) is 11.1. The second-order valence-electron chi connectivity index (χ2n) is 10.2. The molecule has 44 heavy (non-hydrogen) atoms. The number of nitrogens with one attached hydrogen (secondary N) is 1. The van der Waals surface area contributed by atoms with Crippen molar-refractivity contribution in [3.63, 3.8) is 0 Å². The molecule has 230 valence electrons. The Labute approximate surface area is 267 Å². The first-order valence-electron chi connectivity index (χ1n) is 14.5. The van der Waals surface area contributed by atoms with Gasteiger partial charge in [-0.1, -0.05) is 85.2 Å². The van der Waals surface area contributed by atoms with Crippen LogP contribution in [0, 0.1) is 0 Å². The zero-order chi connectivity index (χ0) is 31.8. The van der Waals surface area contributed by atoms with Crippen LogP contribution in [-0.2, 0) is 11.3 Å². The Bertz CT molecular complexity index is 1620. The van der Waals surface area contributed by atoms with E-state index in [0.717, 1.165) is 29.7 Å². The average molecular weight is 637 g/mol. The third-order valence-corrected chi connectivity index (χ3v) is 8.03. The number of urea groups is 1. The topological polar surface area (TPSA) is 114 Å². The van der Waals surface area contributed by atoms with E-state index in [0.29, 0.717) is 51.1 Å². The number of ether oxygens (including phenoxy) is 1. The van der Waals surface area contributed by atoms with Gasteiger partial charge >= 0.3 is 12.0 Å². The van der Waals surface area contributed by atoms with Crippen LogP contribution in [0.1, 0.15) is 79.7 Å². The standard InChI is InChI=1S/C34H35Cl2N3O5/c1-5-26(35)30(27(36)6-2)31-25(32(44-39-31)21-14-15-21)19-43-29(8-4)28(7-3)38-34(42)37-22-16-17-23(33(40)41)24(18-22)20-12-10-9-11-13-20/h5-6,9-13,16-18,21,29H,1,7-8,14-15,19H2,2-4H3,(H,37,42)(H,40,41)/b27-6+,30-26-,38-28?. The summed E-state index contributed by atoms with van der Waals surface area (Å²) in [6.45, 7) is 9.59. The van der Waals surface area contributed by atoms with E-state index >= 15 is 0 Å². The number of hydrogen-bond acceptors (Lipinski definition) is 5. The van der Waals surface area contributed by atoms with Gasteiger partial charge in [-0.3, -0.25) is 0 Å². The summed E-state index contributed by atoms with van der Waals surface area (Å²) in [5, 5.41) is 17.5. The Balaban J connectivity index is 1.57. The van der Waals surface area contributed by atoms with Crippen LogP contribution < -0.4 is 5.32 Å². The summed E-state index contributed by atoms with van der Waals surface area (Å²) in [7, 11) is 0. The smallest absolute Gasteiger partial charge is 0.345 e. The third-order valence-electron chi connectivity index (χ3n) is 7.28. The van der Waals surface area contributed by atoms with Crippen LogP contribution >= 0.6 is 23.2 Å². The number of allylic oxidation sites excluding steroid dienone is 5. The summed E-state index contributed by atoms with van der Waals surface area (Å²) in [6, 6.07) is 13.2. The van der Waals surface area contributed by atoms with Gasteiger partial charge in [0.15, 0.2) is 0 Å². The Hall–Kier alpha value is -3.98. The lowest BCUT2D eigenvalue weighted by atomic mass is 9.99. The molecule has 1 atom stereocenters. The molecule has 0 spiro atoms. The van der Waals surface area contributed by atoms with Crippen LogP contribution in [0.25, 0.3) is 16.7 Å². The van der Waals surface area contributed by atoms with Crippen LogP contribution in [0.5, 0.6) is 0 Å². The van der Waals surface area contributed by atoms with E-state index in [1.54, 1.807) is 25.1 Å². The monoisotopic (exact) mass is 635 g/mol. The molecule has 1 aliphatic rings. The largest absolute Gasteiger partial charge is 0.478 e. The van der Waals surface area contributed by atoms with Gasteiger partial charge in [-0.2, -0.15) is 0 Å². The van der Waals surface area contributed by atoms with Crippen LogP contribution in [0.4, 0.5) is 10.5 Å². The predicted octanol–water partition coefficient (Wildman–Crippen LogP) is 9.57. The fourth-order valence-corrected chi connectivity index (χ4v) is 5.30. The first-order chi connectivity index (χ1) is 21.2. The maximum absolute atomic E-state index is 13.1. The molecule has 0 aliphatic heterocycles. The molecule has 0 radical (unpaired) electrons. The number of aromatic nitrogens is 1. The van der Waals surface area contributed by atoms with Crippen LogP contribution in [0.2, 0.25) is 0 Å². The van der Waals surface area contributed by atoms with Crippen molar-refractivity contribution in [3.8, 4) is 11.1 Å². The highest BCUT2D eigenvalue weighted by Crippen LogP contribution is 2.45. The molecule has 4 rings (SSSR count). The summed E-state index contributed by atoms with van der Waals surface area (Å²) in [5.41, 5.74) is 4.11. The SMILES string of the molecule is C=C/C(Cl)=C(\C(Cl)=C/C)c1noc(C2CC2)c1COC(CC)C(CC)=NC(=O)Nc1ccc(C(=O)O)c(-c2ccccc2)c1. The number of amides is 2. The second kappa shape index (κ2) is 15.1. The van der Waals surface area contributed by atoms with Gasteiger partial charge in [0.2, 0.25) is 0 Å². The molecule has 1 aromatic heterocycles. The quantitative estimate of drug-likeness (QED) is 0.143. The molecule has 1 heterocycles. The van der Waals surface area contributed by atoms with Crippen LogP contribution in [0.3, 0.4) is 0 Å². The number of halogens is 2. The van der Waals surface area contributed by atoms with Crippen molar-refractivity contribution >= 4 is 52.2 Å². The highest BCUT2D eigenvalue weighted by molar-refractivity contribution is 6.42. The van der Waals surface area contributed by atoms with Gasteiger partial charge in [0, 0.05) is 27.8 Å². The molecule has 1 aliphatic carbocycles. The number of aliphatic imine (C=N–C) groups is 1. The molecular weight excluding hydrogens is 601 g/mol. The zero-order valence-electron chi connectivity index (χ0n) is 24.9. The molecule has 1 saturated carbocycles. The number of nitrogens with zero attached hydrogens (tertiary/aromatic N) is 2. The van der Waals surface area contributed by atoms with E-state index in [1.165, 1.54) is 12.1 Å². The third kappa shape index (κ3) is 7.75. The fourth-order valence-electron chi connectivity index (χ4n) is 4.87. The number of carbonyl (C=O) groups excluding carboxylic acids is 1.